The minimum absolute atomic E-state index is 0.00301. The van der Waals surface area contributed by atoms with Crippen LogP contribution in [0.25, 0.3) is 0 Å². The summed E-state index contributed by atoms with van der Waals surface area (Å²) in [5, 5.41) is 129. The van der Waals surface area contributed by atoms with Gasteiger partial charge in [-0.2, -0.15) is 0 Å². The van der Waals surface area contributed by atoms with Crippen LogP contribution in [0.1, 0.15) is 124 Å². The van der Waals surface area contributed by atoms with Gasteiger partial charge < -0.3 is 85.5 Å². The second-order valence-electron chi connectivity index (χ2n) is 20.9. The van der Waals surface area contributed by atoms with E-state index < -0.39 is 144 Å². The number of hydrogen-bond donors (Lipinski definition) is 13. The quantitative estimate of drug-likeness (QED) is 0.0576. The maximum absolute atomic E-state index is 14.7. The number of rotatable bonds is 17. The Morgan fingerprint density at radius 2 is 0.988 bits per heavy atom. The van der Waals surface area contributed by atoms with E-state index in [0.29, 0.717) is 11.3 Å². The summed E-state index contributed by atoms with van der Waals surface area (Å²) in [6.45, 7) is 0.543. The first kappa shape index (κ1) is 61.5. The Morgan fingerprint density at radius 3 is 1.41 bits per heavy atom. The van der Waals surface area contributed by atoms with E-state index in [0.717, 1.165) is 42.8 Å². The van der Waals surface area contributed by atoms with Crippen molar-refractivity contribution >= 4 is 52.2 Å². The molecule has 0 saturated carbocycles. The fraction of sp³-hybridized carbons (Fsp3) is 0.323. The smallest absolute Gasteiger partial charge is 0.335 e. The molecule has 0 unspecified atom stereocenters. The Labute approximate surface area is 490 Å². The van der Waals surface area contributed by atoms with Crippen molar-refractivity contribution in [2.24, 2.45) is 0 Å². The highest BCUT2D eigenvalue weighted by Gasteiger charge is 2.50. The fourth-order valence-electron chi connectivity index (χ4n) is 11.1. The summed E-state index contributed by atoms with van der Waals surface area (Å²) in [6.07, 6.45) is -12.9. The van der Waals surface area contributed by atoms with E-state index in [1.807, 2.05) is 30.3 Å². The molecule has 10 rings (SSSR count). The van der Waals surface area contributed by atoms with Gasteiger partial charge in [0, 0.05) is 17.5 Å². The number of hydrogen-bond acceptors (Lipinski definition) is 20. The zero-order valence-electron chi connectivity index (χ0n) is 45.3. The molecule has 22 nitrogen and oxygen atoms in total. The normalized spacial score (nSPS) is 24.7. The standard InChI is InChI=1S/C42H38O20.C20H23NOS/c43-11-23-31(47)35(51)37(53)41(61-23)59-21-5-1-3-15-25(17-7-13(39(55)56)9-19(45)27(17)33(49)29(15)21)26-16-4-2-6-22(60-42-38(54)36(52)32(48)24(12-44)62-42)30(16)34(50)28-18(26)8-14(40(57)58)10-20(28)46;1-2-3-7-17-10-13-18(14-11-17)21-20(22)19(23)15-12-16-8-5-4-6-9-16/h1-10,23-26,31-32,35-38,41-48,51-54H,11-12H2,(H,55,56)(H,57,58);4-6,8-11,13-14H,2-3,7,12,15H2,1H3,(H,21,22)/t23-,24-,25-,26-,31-,32-,35+,36+,37-,38-,41-,42-;/m1./s1. The summed E-state index contributed by atoms with van der Waals surface area (Å²) >= 11 is 5.25. The van der Waals surface area contributed by atoms with Crippen molar-refractivity contribution in [3.05, 3.63) is 182 Å². The minimum Gasteiger partial charge on any atom is -0.507 e. The van der Waals surface area contributed by atoms with E-state index in [9.17, 15) is 85.3 Å². The number of carboxylic acid groups (broad SMARTS) is 2. The predicted molar refractivity (Wildman–Crippen MR) is 303 cm³/mol. The molecule has 2 saturated heterocycles. The zero-order chi connectivity index (χ0) is 61.1. The lowest BCUT2D eigenvalue weighted by molar-refractivity contribution is -0.277. The Balaban J connectivity index is 0.000000315. The molecule has 0 spiro atoms. The summed E-state index contributed by atoms with van der Waals surface area (Å²) in [6, 6.07) is 30.0. The Morgan fingerprint density at radius 1 is 0.541 bits per heavy atom. The van der Waals surface area contributed by atoms with E-state index in [2.05, 4.69) is 36.5 Å². The van der Waals surface area contributed by atoms with Crippen LogP contribution in [-0.2, 0) is 27.1 Å². The van der Waals surface area contributed by atoms with Crippen molar-refractivity contribution in [3.63, 3.8) is 0 Å². The topological polar surface area (TPSA) is 377 Å². The third-order valence-corrected chi connectivity index (χ3v) is 15.8. The number of benzene rings is 6. The number of fused-ring (bicyclic) bond motifs is 4. The third-order valence-electron chi connectivity index (χ3n) is 15.4. The van der Waals surface area contributed by atoms with Crippen LogP contribution in [0.4, 0.5) is 5.69 Å². The first-order valence-corrected chi connectivity index (χ1v) is 27.5. The number of ether oxygens (including phenoxy) is 4. The third kappa shape index (κ3) is 12.4. The molecule has 2 aliphatic carbocycles. The number of nitrogens with one attached hydrogen (secondary N) is 1. The monoisotopic (exact) mass is 1190 g/mol. The summed E-state index contributed by atoms with van der Waals surface area (Å²) in [5.74, 6) is -10.3. The van der Waals surface area contributed by atoms with Gasteiger partial charge in [-0.1, -0.05) is 92.3 Å². The lowest BCUT2D eigenvalue weighted by atomic mass is 9.63. The molecule has 0 bridgehead atoms. The molecule has 6 aromatic carbocycles. The Hall–Kier alpha value is -8.04. The highest BCUT2D eigenvalue weighted by molar-refractivity contribution is 7.82. The first-order valence-electron chi connectivity index (χ1n) is 27.1. The summed E-state index contributed by atoms with van der Waals surface area (Å²) in [7, 11) is 0. The maximum Gasteiger partial charge on any atom is 0.335 e. The molecule has 0 radical (unpaired) electrons. The van der Waals surface area contributed by atoms with Crippen molar-refractivity contribution in [2.45, 2.75) is 112 Å². The number of carbonyl (C=O) groups is 5. The number of aromatic carboxylic acids is 2. The van der Waals surface area contributed by atoms with Crippen molar-refractivity contribution in [1.82, 2.24) is 0 Å². The van der Waals surface area contributed by atoms with E-state index in [1.165, 1.54) is 60.4 Å². The summed E-state index contributed by atoms with van der Waals surface area (Å²) < 4.78 is 23.0. The lowest BCUT2D eigenvalue weighted by Gasteiger charge is -2.41. The molecular formula is C62H61NO21S. The molecule has 6 aromatic rings. The second kappa shape index (κ2) is 26.1. The van der Waals surface area contributed by atoms with Gasteiger partial charge in [0.15, 0.2) is 0 Å². The van der Waals surface area contributed by atoms with E-state index in [-0.39, 0.29) is 50.8 Å². The Bertz CT molecular complexity index is 3350. The van der Waals surface area contributed by atoms with Gasteiger partial charge in [0.2, 0.25) is 24.1 Å². The zero-order valence-corrected chi connectivity index (χ0v) is 46.1. The summed E-state index contributed by atoms with van der Waals surface area (Å²) in [5.41, 5.74) is 0.428. The van der Waals surface area contributed by atoms with Gasteiger partial charge in [-0.3, -0.25) is 14.4 Å². The molecular weight excluding hydrogens is 1130 g/mol. The van der Waals surface area contributed by atoms with Crippen molar-refractivity contribution in [3.8, 4) is 23.0 Å². The van der Waals surface area contributed by atoms with E-state index in [4.69, 9.17) is 31.2 Å². The van der Waals surface area contributed by atoms with E-state index in [1.54, 1.807) is 0 Å². The number of thiocarbonyl (C=S) groups is 1. The van der Waals surface area contributed by atoms with Crippen LogP contribution >= 0.6 is 12.2 Å². The number of amides is 1. The number of carbonyl (C=O) groups excluding carboxylic acids is 3. The number of aryl methyl sites for hydroxylation is 2. The number of ketones is 2. The van der Waals surface area contributed by atoms with Crippen molar-refractivity contribution < 1.29 is 104 Å². The van der Waals surface area contributed by atoms with Gasteiger partial charge in [0.25, 0.3) is 5.91 Å². The molecule has 2 fully saturated rings. The highest BCUT2D eigenvalue weighted by Crippen LogP contribution is 2.56. The van der Waals surface area contributed by atoms with Crippen LogP contribution in [0.3, 0.4) is 0 Å². The van der Waals surface area contributed by atoms with E-state index >= 15 is 0 Å². The molecule has 2 heterocycles. The number of aliphatic hydroxyl groups excluding tert-OH is 8. The van der Waals surface area contributed by atoms with Crippen LogP contribution in [0, 0.1) is 0 Å². The highest BCUT2D eigenvalue weighted by atomic mass is 32.1. The molecule has 12 atom stereocenters. The molecule has 1 amide bonds. The largest absolute Gasteiger partial charge is 0.507 e. The molecule has 0 aromatic heterocycles. The van der Waals surface area contributed by atoms with Crippen LogP contribution in [0.5, 0.6) is 23.0 Å². The molecule has 4 aliphatic rings. The van der Waals surface area contributed by atoms with Gasteiger partial charge in [0.05, 0.1) is 51.5 Å². The number of aliphatic hydroxyl groups is 8. The number of carboxylic acids is 2. The van der Waals surface area contributed by atoms with Gasteiger partial charge in [-0.15, -0.1) is 0 Å². The van der Waals surface area contributed by atoms with Gasteiger partial charge >= 0.3 is 11.9 Å². The maximum atomic E-state index is 14.7. The second-order valence-corrected chi connectivity index (χ2v) is 21.4. The SMILES string of the molecule is CCCCc1ccc(NC(=O)C(=S)CCc2ccccc2)cc1.O=C(O)c1cc(O)c2c(c1)[C@H]([C@H]1c3cc(C(=O)O)cc(O)c3C(=O)c3c(O[C@@H]4O[C@H](CO)[C@@H](O)[C@H](O)[C@H]4O)cccc31)c1cccc(O[C@@H]3O[C@H](CO)[C@@H](O)[C@H](O)[C@H]3O)c1C2=O. The molecule has 85 heavy (non-hydrogen) atoms. The molecule has 13 N–H and O–H groups in total. The molecule has 2 aliphatic heterocycles. The minimum atomic E-state index is -1.94. The fourth-order valence-corrected chi connectivity index (χ4v) is 11.2. The average Bonchev–Trinajstić information content (AvgIpc) is 0.801. The number of phenols is 2. The van der Waals surface area contributed by atoms with Crippen LogP contribution in [0.15, 0.2) is 115 Å². The van der Waals surface area contributed by atoms with Gasteiger partial charge in [-0.25, -0.2) is 9.59 Å². The number of anilines is 1. The lowest BCUT2D eigenvalue weighted by Crippen LogP contribution is -2.60. The van der Waals surface area contributed by atoms with Crippen molar-refractivity contribution in [2.75, 3.05) is 18.5 Å². The molecule has 446 valence electrons. The first-order chi connectivity index (χ1) is 40.7. The average molecular weight is 1190 g/mol. The van der Waals surface area contributed by atoms with Crippen LogP contribution in [0.2, 0.25) is 0 Å². The van der Waals surface area contributed by atoms with Gasteiger partial charge in [0.1, 0.15) is 71.8 Å². The van der Waals surface area contributed by atoms with Crippen LogP contribution < -0.4 is 14.8 Å². The van der Waals surface area contributed by atoms with Crippen LogP contribution in [-0.4, -0.2) is 170 Å². The van der Waals surface area contributed by atoms with Gasteiger partial charge in [-0.05, 0) is 108 Å². The molecule has 23 heteroatoms. The predicted octanol–water partition coefficient (Wildman–Crippen LogP) is 3.87. The summed E-state index contributed by atoms with van der Waals surface area (Å²) in [4.78, 5) is 66.8. The van der Waals surface area contributed by atoms with Crippen molar-refractivity contribution in [1.29, 1.82) is 0 Å². The number of phenolic OH excluding ortho intramolecular Hbond substituents is 2. The Kier molecular flexibility index (Phi) is 18.9. The number of aromatic hydroxyl groups is 2. The number of unbranched alkanes of at least 4 members (excludes halogenated alkanes) is 1.